The maximum Gasteiger partial charge on any atom is 0.241 e. The standard InChI is InChI=1S/C12H16BrN3O3S/c13-10-7-9(14)3-4-11(10)20(18,19)16-6-5-15-12(17)8-1-2-8/h3-4,7-8,16H,1-2,5-6,14H2,(H,15,17). The van der Waals surface area contributed by atoms with E-state index in [9.17, 15) is 13.2 Å². The van der Waals surface area contributed by atoms with Gasteiger partial charge in [-0.3, -0.25) is 4.79 Å². The monoisotopic (exact) mass is 361 g/mol. The van der Waals surface area contributed by atoms with Gasteiger partial charge in [0, 0.05) is 29.2 Å². The molecule has 0 spiro atoms. The molecule has 0 unspecified atom stereocenters. The molecule has 1 aromatic rings. The lowest BCUT2D eigenvalue weighted by Gasteiger charge is -2.09. The molecular weight excluding hydrogens is 346 g/mol. The number of amides is 1. The number of halogens is 1. The maximum absolute atomic E-state index is 12.1. The first-order valence-electron chi connectivity index (χ1n) is 6.22. The van der Waals surface area contributed by atoms with E-state index in [1.807, 2.05) is 0 Å². The first-order valence-corrected chi connectivity index (χ1v) is 8.50. The predicted octanol–water partition coefficient (Wildman–Crippen LogP) is 0.836. The zero-order valence-electron chi connectivity index (χ0n) is 10.7. The summed E-state index contributed by atoms with van der Waals surface area (Å²) in [4.78, 5) is 11.5. The minimum absolute atomic E-state index is 0.00198. The van der Waals surface area contributed by atoms with Crippen LogP contribution in [0.25, 0.3) is 0 Å². The third-order valence-electron chi connectivity index (χ3n) is 2.91. The maximum atomic E-state index is 12.1. The van der Waals surface area contributed by atoms with Gasteiger partial charge in [0.05, 0.1) is 4.90 Å². The molecule has 0 atom stereocenters. The number of carbonyl (C=O) groups is 1. The van der Waals surface area contributed by atoms with Crippen molar-refractivity contribution < 1.29 is 13.2 Å². The van der Waals surface area contributed by atoms with Gasteiger partial charge in [-0.1, -0.05) is 0 Å². The van der Waals surface area contributed by atoms with Crippen molar-refractivity contribution >= 4 is 37.5 Å². The van der Waals surface area contributed by atoms with Crippen molar-refractivity contribution in [2.24, 2.45) is 5.92 Å². The fraction of sp³-hybridized carbons (Fsp3) is 0.417. The average Bonchev–Trinajstić information content (AvgIpc) is 3.18. The fourth-order valence-corrected chi connectivity index (χ4v) is 3.80. The molecule has 0 radical (unpaired) electrons. The van der Waals surface area contributed by atoms with Crippen molar-refractivity contribution in [3.05, 3.63) is 22.7 Å². The molecule has 0 heterocycles. The van der Waals surface area contributed by atoms with Crippen molar-refractivity contribution in [1.29, 1.82) is 0 Å². The van der Waals surface area contributed by atoms with Crippen LogP contribution in [0.2, 0.25) is 0 Å². The molecule has 8 heteroatoms. The molecule has 1 fully saturated rings. The molecule has 0 aliphatic heterocycles. The van der Waals surface area contributed by atoms with Crippen LogP contribution in [0.4, 0.5) is 5.69 Å². The number of anilines is 1. The molecule has 0 saturated heterocycles. The lowest BCUT2D eigenvalue weighted by Crippen LogP contribution is -2.35. The Hall–Kier alpha value is -1.12. The number of nitrogens with one attached hydrogen (secondary N) is 2. The lowest BCUT2D eigenvalue weighted by molar-refractivity contribution is -0.122. The van der Waals surface area contributed by atoms with E-state index in [-0.39, 0.29) is 29.8 Å². The summed E-state index contributed by atoms with van der Waals surface area (Å²) in [5, 5.41) is 2.69. The minimum Gasteiger partial charge on any atom is -0.399 e. The van der Waals surface area contributed by atoms with Crippen molar-refractivity contribution in [3.8, 4) is 0 Å². The van der Waals surface area contributed by atoms with Gasteiger partial charge in [-0.15, -0.1) is 0 Å². The van der Waals surface area contributed by atoms with Crippen molar-refractivity contribution in [2.75, 3.05) is 18.8 Å². The third kappa shape index (κ3) is 3.94. The lowest BCUT2D eigenvalue weighted by atomic mass is 10.3. The van der Waals surface area contributed by atoms with Gasteiger partial charge in [-0.05, 0) is 47.0 Å². The Balaban J connectivity index is 1.88. The largest absolute Gasteiger partial charge is 0.399 e. The van der Waals surface area contributed by atoms with Crippen LogP contribution in [-0.4, -0.2) is 27.4 Å². The molecule has 1 saturated carbocycles. The van der Waals surface area contributed by atoms with Crippen LogP contribution in [0.5, 0.6) is 0 Å². The summed E-state index contributed by atoms with van der Waals surface area (Å²) >= 11 is 3.17. The number of hydrogen-bond donors (Lipinski definition) is 3. The number of rotatable bonds is 6. The fourth-order valence-electron chi connectivity index (χ4n) is 1.67. The number of benzene rings is 1. The van der Waals surface area contributed by atoms with Crippen LogP contribution in [0.1, 0.15) is 12.8 Å². The number of nitrogen functional groups attached to an aromatic ring is 1. The molecule has 4 N–H and O–H groups in total. The summed E-state index contributed by atoms with van der Waals surface area (Å²) in [5.74, 6) is 0.121. The molecule has 110 valence electrons. The zero-order valence-corrected chi connectivity index (χ0v) is 13.1. The topological polar surface area (TPSA) is 101 Å². The van der Waals surface area contributed by atoms with Gasteiger partial charge in [-0.2, -0.15) is 0 Å². The Morgan fingerprint density at radius 1 is 1.35 bits per heavy atom. The predicted molar refractivity (Wildman–Crippen MR) is 79.5 cm³/mol. The van der Waals surface area contributed by atoms with E-state index < -0.39 is 10.0 Å². The molecule has 6 nitrogen and oxygen atoms in total. The summed E-state index contributed by atoms with van der Waals surface area (Å²) in [7, 11) is -3.61. The highest BCUT2D eigenvalue weighted by atomic mass is 79.9. The second-order valence-corrected chi connectivity index (χ2v) is 7.24. The highest BCUT2D eigenvalue weighted by molar-refractivity contribution is 9.10. The average molecular weight is 362 g/mol. The van der Waals surface area contributed by atoms with Crippen LogP contribution < -0.4 is 15.8 Å². The molecule has 1 aliphatic rings. The SMILES string of the molecule is Nc1ccc(S(=O)(=O)NCCNC(=O)C2CC2)c(Br)c1. The van der Waals surface area contributed by atoms with Gasteiger partial charge in [0.1, 0.15) is 0 Å². The van der Waals surface area contributed by atoms with Gasteiger partial charge in [0.15, 0.2) is 0 Å². The highest BCUT2D eigenvalue weighted by Gasteiger charge is 2.29. The van der Waals surface area contributed by atoms with Crippen LogP contribution in [0, 0.1) is 5.92 Å². The molecule has 1 amide bonds. The molecule has 1 aliphatic carbocycles. The van der Waals surface area contributed by atoms with Crippen LogP contribution in [0.3, 0.4) is 0 Å². The quantitative estimate of drug-likeness (QED) is 0.516. The molecule has 1 aromatic carbocycles. The molecule has 0 bridgehead atoms. The molecule has 0 aromatic heterocycles. The van der Waals surface area contributed by atoms with Crippen molar-refractivity contribution in [2.45, 2.75) is 17.7 Å². The summed E-state index contributed by atoms with van der Waals surface area (Å²) in [6.07, 6.45) is 1.85. The van der Waals surface area contributed by atoms with E-state index in [1.54, 1.807) is 0 Å². The van der Waals surface area contributed by atoms with Crippen molar-refractivity contribution in [3.63, 3.8) is 0 Å². The van der Waals surface area contributed by atoms with Gasteiger partial charge in [-0.25, -0.2) is 13.1 Å². The number of nitrogens with two attached hydrogens (primary N) is 1. The smallest absolute Gasteiger partial charge is 0.241 e. The number of sulfonamides is 1. The van der Waals surface area contributed by atoms with Gasteiger partial charge >= 0.3 is 0 Å². The van der Waals surface area contributed by atoms with E-state index in [4.69, 9.17) is 5.73 Å². The Labute approximate surface area is 126 Å². The normalized spacial score (nSPS) is 15.1. The Morgan fingerprint density at radius 3 is 2.65 bits per heavy atom. The van der Waals surface area contributed by atoms with E-state index in [0.29, 0.717) is 10.2 Å². The van der Waals surface area contributed by atoms with Gasteiger partial charge in [0.2, 0.25) is 15.9 Å². The van der Waals surface area contributed by atoms with E-state index in [2.05, 4.69) is 26.0 Å². The van der Waals surface area contributed by atoms with E-state index >= 15 is 0 Å². The Bertz CT molecular complexity index is 614. The van der Waals surface area contributed by atoms with Crippen LogP contribution in [0.15, 0.2) is 27.6 Å². The second-order valence-electron chi connectivity index (χ2n) is 4.65. The minimum atomic E-state index is -3.61. The molecule has 20 heavy (non-hydrogen) atoms. The molecular formula is C12H16BrN3O3S. The number of carbonyl (C=O) groups excluding carboxylic acids is 1. The summed E-state index contributed by atoms with van der Waals surface area (Å²) in [5.41, 5.74) is 6.05. The zero-order chi connectivity index (χ0) is 14.8. The first-order chi connectivity index (χ1) is 9.40. The summed E-state index contributed by atoms with van der Waals surface area (Å²) in [6.45, 7) is 0.429. The van der Waals surface area contributed by atoms with Gasteiger partial charge in [0.25, 0.3) is 0 Å². The number of hydrogen-bond acceptors (Lipinski definition) is 4. The second kappa shape index (κ2) is 6.11. The summed E-state index contributed by atoms with van der Waals surface area (Å²) in [6, 6.07) is 4.49. The molecule has 2 rings (SSSR count). The van der Waals surface area contributed by atoms with Crippen LogP contribution >= 0.6 is 15.9 Å². The highest BCUT2D eigenvalue weighted by Crippen LogP contribution is 2.28. The summed E-state index contributed by atoms with van der Waals surface area (Å²) < 4.78 is 27.0. The Morgan fingerprint density at radius 2 is 2.05 bits per heavy atom. The van der Waals surface area contributed by atoms with Crippen LogP contribution in [-0.2, 0) is 14.8 Å². The van der Waals surface area contributed by atoms with Crippen molar-refractivity contribution in [1.82, 2.24) is 10.0 Å². The first kappa shape index (κ1) is 15.3. The third-order valence-corrected chi connectivity index (χ3v) is 5.35. The Kier molecular flexibility index (Phi) is 4.66. The van der Waals surface area contributed by atoms with E-state index in [1.165, 1.54) is 18.2 Å². The van der Waals surface area contributed by atoms with E-state index in [0.717, 1.165) is 12.8 Å². The van der Waals surface area contributed by atoms with Gasteiger partial charge < -0.3 is 11.1 Å².